The molecule has 1 aromatic rings. The molecule has 0 radical (unpaired) electrons. The number of hydrogen-bond acceptors (Lipinski definition) is 0. The quantitative estimate of drug-likeness (QED) is 0.539. The minimum atomic E-state index is 0. The molecule has 0 heterocycles. The van der Waals surface area contributed by atoms with Crippen molar-refractivity contribution in [3.63, 3.8) is 0 Å². The molecular weight excluding hydrogens is 173 g/mol. The number of rotatable bonds is 0. The third-order valence-electron chi connectivity index (χ3n) is 1.69. The molecule has 2 rings (SSSR count). The van der Waals surface area contributed by atoms with Crippen LogP contribution < -0.4 is 0 Å². The molecule has 1 aliphatic carbocycles. The number of hydrogen-bond donors (Lipinski definition) is 0. The number of fused-ring (bicyclic) bond motifs is 1. The molecule has 0 spiro atoms. The first-order chi connectivity index (χ1) is 4.47. The van der Waals surface area contributed by atoms with Crippen LogP contribution in [0.4, 0.5) is 0 Å². The zero-order chi connectivity index (χ0) is 6.10. The molecule has 1 aliphatic rings. The van der Waals surface area contributed by atoms with Gasteiger partial charge in [-0.3, -0.25) is 0 Å². The molecule has 0 amide bonds. The number of allylic oxidation sites excluding steroid dienone is 1. The molecule has 10 heavy (non-hydrogen) atoms. The summed E-state index contributed by atoms with van der Waals surface area (Å²) in [4.78, 5) is 0. The smallest absolute Gasteiger partial charge is 0 e. The third kappa shape index (κ3) is 1.20. The van der Waals surface area contributed by atoms with Gasteiger partial charge in [0.25, 0.3) is 0 Å². The van der Waals surface area contributed by atoms with Crippen LogP contribution in [-0.2, 0) is 25.9 Å². The Kier molecular flexibility index (Phi) is 2.40. The van der Waals surface area contributed by atoms with Crippen molar-refractivity contribution < 1.29 is 19.5 Å². The van der Waals surface area contributed by atoms with Gasteiger partial charge < -0.3 is 0 Å². The van der Waals surface area contributed by atoms with Gasteiger partial charge >= 0.3 is 0 Å². The summed E-state index contributed by atoms with van der Waals surface area (Å²) < 4.78 is 0. The van der Waals surface area contributed by atoms with E-state index in [2.05, 4.69) is 36.4 Å². The molecule has 0 saturated carbocycles. The Bertz CT molecular complexity index is 251. The van der Waals surface area contributed by atoms with E-state index < -0.39 is 0 Å². The van der Waals surface area contributed by atoms with Crippen LogP contribution in [0.15, 0.2) is 30.3 Å². The first-order valence-corrected chi connectivity index (χ1v) is 3.21. The van der Waals surface area contributed by atoms with Crippen LogP contribution in [0.2, 0.25) is 0 Å². The van der Waals surface area contributed by atoms with Crippen molar-refractivity contribution in [2.75, 3.05) is 0 Å². The summed E-state index contributed by atoms with van der Waals surface area (Å²) in [6.07, 6.45) is 5.50. The van der Waals surface area contributed by atoms with Gasteiger partial charge in [0.2, 0.25) is 0 Å². The largest absolute Gasteiger partial charge is 0.0795 e. The standard InChI is InChI=1S/C9H8.Zn/c1-2-5-9-7-3-6-8(9)4-1;/h1-6H,7H2;. The van der Waals surface area contributed by atoms with Gasteiger partial charge in [0.15, 0.2) is 0 Å². The van der Waals surface area contributed by atoms with Gasteiger partial charge in [0.05, 0.1) is 0 Å². The maximum Gasteiger partial charge on any atom is 0 e. The molecule has 0 N–H and O–H groups in total. The first-order valence-electron chi connectivity index (χ1n) is 3.21. The van der Waals surface area contributed by atoms with E-state index in [9.17, 15) is 0 Å². The molecule has 0 nitrogen and oxygen atoms in total. The van der Waals surface area contributed by atoms with Crippen LogP contribution in [0, 0.1) is 0 Å². The molecule has 0 saturated heterocycles. The van der Waals surface area contributed by atoms with Crippen molar-refractivity contribution >= 4 is 6.08 Å². The van der Waals surface area contributed by atoms with Crippen LogP contribution in [0.3, 0.4) is 0 Å². The molecule has 0 atom stereocenters. The van der Waals surface area contributed by atoms with E-state index in [1.807, 2.05) is 0 Å². The monoisotopic (exact) mass is 180 g/mol. The summed E-state index contributed by atoms with van der Waals surface area (Å²) in [6, 6.07) is 8.49. The van der Waals surface area contributed by atoms with E-state index in [0.717, 1.165) is 6.42 Å². The van der Waals surface area contributed by atoms with Gasteiger partial charge in [-0.2, -0.15) is 0 Å². The molecule has 46 valence electrons. The normalized spacial score (nSPS) is 12.4. The Morgan fingerprint density at radius 1 is 1.10 bits per heavy atom. The first kappa shape index (κ1) is 7.69. The van der Waals surface area contributed by atoms with Crippen molar-refractivity contribution in [1.29, 1.82) is 0 Å². The molecule has 0 aromatic heterocycles. The fourth-order valence-corrected chi connectivity index (χ4v) is 1.20. The maximum atomic E-state index is 2.20. The summed E-state index contributed by atoms with van der Waals surface area (Å²) in [5.74, 6) is 0. The van der Waals surface area contributed by atoms with Gasteiger partial charge in [-0.25, -0.2) is 0 Å². The Hall–Kier alpha value is -0.417. The van der Waals surface area contributed by atoms with Gasteiger partial charge in [0, 0.05) is 19.5 Å². The molecule has 1 heteroatoms. The van der Waals surface area contributed by atoms with Crippen LogP contribution in [-0.4, -0.2) is 0 Å². The van der Waals surface area contributed by atoms with E-state index >= 15 is 0 Å². The fraction of sp³-hybridized carbons (Fsp3) is 0.111. The van der Waals surface area contributed by atoms with E-state index in [-0.39, 0.29) is 19.5 Å². The Balaban J connectivity index is 0.000000500. The van der Waals surface area contributed by atoms with Crippen molar-refractivity contribution in [2.45, 2.75) is 6.42 Å². The van der Waals surface area contributed by atoms with Gasteiger partial charge in [0.1, 0.15) is 0 Å². The van der Waals surface area contributed by atoms with Gasteiger partial charge in [-0.05, 0) is 17.5 Å². The average Bonchev–Trinajstić information content (AvgIpc) is 2.33. The SMILES string of the molecule is C1=Cc2ccccc2C1.[Zn]. The Labute approximate surface area is 73.7 Å². The van der Waals surface area contributed by atoms with Crippen molar-refractivity contribution in [1.82, 2.24) is 0 Å². The van der Waals surface area contributed by atoms with Crippen LogP contribution in [0.1, 0.15) is 11.1 Å². The van der Waals surface area contributed by atoms with Crippen LogP contribution >= 0.6 is 0 Å². The average molecular weight is 182 g/mol. The zero-order valence-corrected chi connectivity index (χ0v) is 8.85. The summed E-state index contributed by atoms with van der Waals surface area (Å²) in [5, 5.41) is 0. The molecule has 0 aliphatic heterocycles. The second-order valence-electron chi connectivity index (χ2n) is 2.31. The van der Waals surface area contributed by atoms with Gasteiger partial charge in [-0.15, -0.1) is 0 Å². The summed E-state index contributed by atoms with van der Waals surface area (Å²) in [5.41, 5.74) is 2.84. The van der Waals surface area contributed by atoms with E-state index in [1.165, 1.54) is 11.1 Å². The molecule has 0 bridgehead atoms. The van der Waals surface area contributed by atoms with E-state index in [4.69, 9.17) is 0 Å². The fourth-order valence-electron chi connectivity index (χ4n) is 1.20. The van der Waals surface area contributed by atoms with Crippen molar-refractivity contribution in [3.8, 4) is 0 Å². The molecule has 0 fully saturated rings. The van der Waals surface area contributed by atoms with Crippen molar-refractivity contribution in [3.05, 3.63) is 41.5 Å². The zero-order valence-electron chi connectivity index (χ0n) is 5.88. The summed E-state index contributed by atoms with van der Waals surface area (Å²) in [7, 11) is 0. The Morgan fingerprint density at radius 3 is 2.70 bits per heavy atom. The topological polar surface area (TPSA) is 0 Å². The van der Waals surface area contributed by atoms with Gasteiger partial charge in [-0.1, -0.05) is 36.4 Å². The van der Waals surface area contributed by atoms with Crippen LogP contribution in [0.25, 0.3) is 6.08 Å². The maximum absolute atomic E-state index is 2.20. The molecule has 0 unspecified atom stereocenters. The number of benzene rings is 1. The van der Waals surface area contributed by atoms with E-state index in [1.54, 1.807) is 0 Å². The van der Waals surface area contributed by atoms with Crippen molar-refractivity contribution in [2.24, 2.45) is 0 Å². The Morgan fingerprint density at radius 2 is 1.90 bits per heavy atom. The third-order valence-corrected chi connectivity index (χ3v) is 1.69. The molecular formula is C9H8Zn. The van der Waals surface area contributed by atoms with E-state index in [0.29, 0.717) is 0 Å². The van der Waals surface area contributed by atoms with Crippen LogP contribution in [0.5, 0.6) is 0 Å². The predicted molar refractivity (Wildman–Crippen MR) is 39.2 cm³/mol. The minimum Gasteiger partial charge on any atom is -0.0795 e. The summed E-state index contributed by atoms with van der Waals surface area (Å²) in [6.45, 7) is 0. The predicted octanol–water partition coefficient (Wildman–Crippen LogP) is 2.25. The second-order valence-corrected chi connectivity index (χ2v) is 2.31. The minimum absolute atomic E-state index is 0. The summed E-state index contributed by atoms with van der Waals surface area (Å²) >= 11 is 0. The molecule has 1 aromatic carbocycles. The second kappa shape index (κ2) is 3.12.